The van der Waals surface area contributed by atoms with Crippen LogP contribution in [0.3, 0.4) is 0 Å². The third-order valence-corrected chi connectivity index (χ3v) is 9.78. The van der Waals surface area contributed by atoms with Gasteiger partial charge in [0.25, 0.3) is 0 Å². The van der Waals surface area contributed by atoms with Crippen LogP contribution in [0.15, 0.2) is 212 Å². The molecule has 0 N–H and O–H groups in total. The molecule has 0 saturated heterocycles. The largest absolute Gasteiger partial charge is 0.208 e. The lowest BCUT2D eigenvalue weighted by Crippen LogP contribution is -2.00. The Balaban J connectivity index is 1.01. The van der Waals surface area contributed by atoms with Crippen LogP contribution in [0.25, 0.3) is 89.8 Å². The first-order valence-electron chi connectivity index (χ1n) is 18.2. The van der Waals surface area contributed by atoms with Crippen LogP contribution in [-0.4, -0.2) is 15.0 Å². The van der Waals surface area contributed by atoms with Crippen LogP contribution in [0.5, 0.6) is 0 Å². The van der Waals surface area contributed by atoms with Gasteiger partial charge < -0.3 is 0 Å². The fourth-order valence-corrected chi connectivity index (χ4v) is 6.85. The summed E-state index contributed by atoms with van der Waals surface area (Å²) in [6, 6.07) is 74.2. The summed E-state index contributed by atoms with van der Waals surface area (Å²) in [5.74, 6) is 1.92. The van der Waals surface area contributed by atoms with Gasteiger partial charge in [-0.15, -0.1) is 0 Å². The first-order chi connectivity index (χ1) is 26.7. The molecular formula is C51H35N3. The fraction of sp³-hybridized carbons (Fsp3) is 0. The Morgan fingerprint density at radius 1 is 0.167 bits per heavy atom. The summed E-state index contributed by atoms with van der Waals surface area (Å²) >= 11 is 0. The van der Waals surface area contributed by atoms with Crippen molar-refractivity contribution in [2.75, 3.05) is 0 Å². The second-order valence-corrected chi connectivity index (χ2v) is 13.3. The van der Waals surface area contributed by atoms with Gasteiger partial charge in [-0.05, 0) is 67.8 Å². The van der Waals surface area contributed by atoms with Crippen LogP contribution < -0.4 is 0 Å². The molecule has 254 valence electrons. The zero-order valence-electron chi connectivity index (χ0n) is 29.5. The minimum atomic E-state index is 0.637. The number of nitrogens with zero attached hydrogens (tertiary/aromatic N) is 3. The monoisotopic (exact) mass is 689 g/mol. The van der Waals surface area contributed by atoms with Crippen LogP contribution in [-0.2, 0) is 0 Å². The van der Waals surface area contributed by atoms with E-state index in [9.17, 15) is 0 Å². The van der Waals surface area contributed by atoms with Gasteiger partial charge in [-0.3, -0.25) is 0 Å². The predicted octanol–water partition coefficient (Wildman–Crippen LogP) is 13.2. The molecule has 0 aliphatic carbocycles. The summed E-state index contributed by atoms with van der Waals surface area (Å²) in [5.41, 5.74) is 14.6. The van der Waals surface area contributed by atoms with Gasteiger partial charge in [0.15, 0.2) is 17.5 Å². The van der Waals surface area contributed by atoms with Crippen molar-refractivity contribution in [2.45, 2.75) is 0 Å². The third kappa shape index (κ3) is 6.99. The molecule has 1 heterocycles. The van der Waals surface area contributed by atoms with Gasteiger partial charge in [-0.2, -0.15) is 0 Å². The topological polar surface area (TPSA) is 38.7 Å². The summed E-state index contributed by atoms with van der Waals surface area (Å²) in [7, 11) is 0. The number of aromatic nitrogens is 3. The smallest absolute Gasteiger partial charge is 0.164 e. The molecular weight excluding hydrogens is 655 g/mol. The number of rotatable bonds is 8. The van der Waals surface area contributed by atoms with Crippen LogP contribution in [0.1, 0.15) is 0 Å². The van der Waals surface area contributed by atoms with E-state index < -0.39 is 0 Å². The summed E-state index contributed by atoms with van der Waals surface area (Å²) in [5, 5.41) is 0. The summed E-state index contributed by atoms with van der Waals surface area (Å²) in [6.07, 6.45) is 0. The molecule has 0 aliphatic heterocycles. The first kappa shape index (κ1) is 32.7. The molecule has 3 heteroatoms. The molecule has 9 aromatic rings. The van der Waals surface area contributed by atoms with Crippen LogP contribution in [0.4, 0.5) is 0 Å². The second-order valence-electron chi connectivity index (χ2n) is 13.3. The van der Waals surface area contributed by atoms with Crippen molar-refractivity contribution in [2.24, 2.45) is 0 Å². The highest BCUT2D eigenvalue weighted by Crippen LogP contribution is 2.32. The van der Waals surface area contributed by atoms with Crippen LogP contribution >= 0.6 is 0 Å². The van der Waals surface area contributed by atoms with Gasteiger partial charge in [-0.25, -0.2) is 15.0 Å². The minimum Gasteiger partial charge on any atom is -0.208 e. The van der Waals surface area contributed by atoms with Gasteiger partial charge in [-0.1, -0.05) is 200 Å². The van der Waals surface area contributed by atoms with Gasteiger partial charge in [0, 0.05) is 16.7 Å². The molecule has 0 spiro atoms. The van der Waals surface area contributed by atoms with E-state index in [1.807, 2.05) is 36.4 Å². The SMILES string of the molecule is c1ccc(-c2ccc(-c3ccc(-c4nc(-c5ccccc5)nc(-c5ccc(-c6cccc(-c7cccc(-c8ccccc8)c7)c6)cc5)n4)cc3)cc2)cc1. The van der Waals surface area contributed by atoms with Crippen molar-refractivity contribution in [1.82, 2.24) is 15.0 Å². The van der Waals surface area contributed by atoms with Crippen LogP contribution in [0.2, 0.25) is 0 Å². The lowest BCUT2D eigenvalue weighted by molar-refractivity contribution is 1.07. The molecule has 0 bridgehead atoms. The molecule has 0 unspecified atom stereocenters. The van der Waals surface area contributed by atoms with Crippen molar-refractivity contribution in [3.8, 4) is 89.8 Å². The molecule has 0 radical (unpaired) electrons. The Bertz CT molecular complexity index is 2650. The lowest BCUT2D eigenvalue weighted by atomic mass is 9.96. The van der Waals surface area contributed by atoms with Crippen molar-refractivity contribution in [1.29, 1.82) is 0 Å². The standard InChI is InChI=1S/C51H35N3/c1-4-12-36(13-5-1)38-22-24-39(25-23-38)40-26-30-43(31-27-40)50-52-49(42-16-8-3-9-17-42)53-51(54-50)44-32-28-41(29-33-44)46-19-11-21-48(35-46)47-20-10-18-45(34-47)37-14-6-2-7-15-37/h1-35H. The third-order valence-electron chi connectivity index (χ3n) is 9.78. The van der Waals surface area contributed by atoms with E-state index in [1.165, 1.54) is 33.4 Å². The highest BCUT2D eigenvalue weighted by Gasteiger charge is 2.13. The lowest BCUT2D eigenvalue weighted by Gasteiger charge is -2.11. The minimum absolute atomic E-state index is 0.637. The van der Waals surface area contributed by atoms with E-state index in [4.69, 9.17) is 15.0 Å². The quantitative estimate of drug-likeness (QED) is 0.159. The van der Waals surface area contributed by atoms with Crippen molar-refractivity contribution in [3.63, 3.8) is 0 Å². The summed E-state index contributed by atoms with van der Waals surface area (Å²) in [6.45, 7) is 0. The van der Waals surface area contributed by atoms with Gasteiger partial charge in [0.2, 0.25) is 0 Å². The van der Waals surface area contributed by atoms with E-state index in [0.717, 1.165) is 38.9 Å². The molecule has 1 aromatic heterocycles. The van der Waals surface area contributed by atoms with E-state index in [1.54, 1.807) is 0 Å². The average molecular weight is 690 g/mol. The molecule has 54 heavy (non-hydrogen) atoms. The number of benzene rings is 8. The molecule has 8 aromatic carbocycles. The van der Waals surface area contributed by atoms with Gasteiger partial charge in [0.05, 0.1) is 0 Å². The average Bonchev–Trinajstić information content (AvgIpc) is 3.27. The van der Waals surface area contributed by atoms with Gasteiger partial charge >= 0.3 is 0 Å². The molecule has 0 amide bonds. The molecule has 0 atom stereocenters. The number of hydrogen-bond acceptors (Lipinski definition) is 3. The molecule has 0 fully saturated rings. The Kier molecular flexibility index (Phi) is 8.94. The molecule has 3 nitrogen and oxygen atoms in total. The summed E-state index contributed by atoms with van der Waals surface area (Å²) < 4.78 is 0. The molecule has 0 saturated carbocycles. The molecule has 9 rings (SSSR count). The fourth-order valence-electron chi connectivity index (χ4n) is 6.85. The summed E-state index contributed by atoms with van der Waals surface area (Å²) in [4.78, 5) is 14.9. The number of hydrogen-bond donors (Lipinski definition) is 0. The highest BCUT2D eigenvalue weighted by atomic mass is 15.0. The molecule has 0 aliphatic rings. The van der Waals surface area contributed by atoms with Gasteiger partial charge in [0.1, 0.15) is 0 Å². The maximum absolute atomic E-state index is 5.01. The van der Waals surface area contributed by atoms with Crippen molar-refractivity contribution >= 4 is 0 Å². The zero-order chi connectivity index (χ0) is 36.1. The van der Waals surface area contributed by atoms with E-state index in [2.05, 4.69) is 176 Å². The first-order valence-corrected chi connectivity index (χ1v) is 18.2. The normalized spacial score (nSPS) is 11.0. The zero-order valence-corrected chi connectivity index (χ0v) is 29.5. The van der Waals surface area contributed by atoms with E-state index >= 15 is 0 Å². The Morgan fingerprint density at radius 3 is 0.722 bits per heavy atom. The highest BCUT2D eigenvalue weighted by molar-refractivity contribution is 5.78. The van der Waals surface area contributed by atoms with E-state index in [0.29, 0.717) is 17.5 Å². The second kappa shape index (κ2) is 14.8. The van der Waals surface area contributed by atoms with E-state index in [-0.39, 0.29) is 0 Å². The Labute approximate surface area is 316 Å². The maximum atomic E-state index is 5.01. The Morgan fingerprint density at radius 2 is 0.370 bits per heavy atom. The maximum Gasteiger partial charge on any atom is 0.164 e. The Hall–Kier alpha value is -7.23. The van der Waals surface area contributed by atoms with Crippen molar-refractivity contribution in [3.05, 3.63) is 212 Å². The van der Waals surface area contributed by atoms with Crippen molar-refractivity contribution < 1.29 is 0 Å². The predicted molar refractivity (Wildman–Crippen MR) is 223 cm³/mol. The van der Waals surface area contributed by atoms with Crippen LogP contribution in [0, 0.1) is 0 Å².